The van der Waals surface area contributed by atoms with Crippen LogP contribution in [0.2, 0.25) is 0 Å². The Kier molecular flexibility index (Phi) is 3.66. The van der Waals surface area contributed by atoms with Crippen molar-refractivity contribution in [2.75, 3.05) is 13.2 Å². The summed E-state index contributed by atoms with van der Waals surface area (Å²) in [5, 5.41) is 10.8. The number of rotatable bonds is 3. The molecule has 0 aliphatic carbocycles. The van der Waals surface area contributed by atoms with Gasteiger partial charge in [0.25, 0.3) is 5.56 Å². The van der Waals surface area contributed by atoms with Crippen molar-refractivity contribution in [3.8, 4) is 11.5 Å². The molecule has 0 unspecified atom stereocenters. The van der Waals surface area contributed by atoms with Gasteiger partial charge in [0, 0.05) is 12.1 Å². The van der Waals surface area contributed by atoms with E-state index in [1.54, 1.807) is 12.1 Å². The van der Waals surface area contributed by atoms with Gasteiger partial charge in [-0.1, -0.05) is 5.21 Å². The maximum atomic E-state index is 12.4. The summed E-state index contributed by atoms with van der Waals surface area (Å²) in [4.78, 5) is 24.2. The number of ether oxygens (including phenoxy) is 2. The highest BCUT2D eigenvalue weighted by atomic mass is 16.6. The maximum absolute atomic E-state index is 12.4. The molecular formula is C14H16N4O4. The first kappa shape index (κ1) is 14.3. The number of nitrogens with one attached hydrogen (secondary N) is 1. The fourth-order valence-corrected chi connectivity index (χ4v) is 2.22. The molecule has 0 spiro atoms. The average molecular weight is 304 g/mol. The number of amides is 1. The van der Waals surface area contributed by atoms with E-state index >= 15 is 0 Å². The fourth-order valence-electron chi connectivity index (χ4n) is 2.22. The lowest BCUT2D eigenvalue weighted by molar-refractivity contribution is -0.122. The van der Waals surface area contributed by atoms with E-state index in [1.165, 1.54) is 0 Å². The molecule has 1 aromatic heterocycles. The van der Waals surface area contributed by atoms with Gasteiger partial charge in [0.1, 0.15) is 25.3 Å². The summed E-state index contributed by atoms with van der Waals surface area (Å²) in [6.07, 6.45) is 0. The van der Waals surface area contributed by atoms with E-state index in [9.17, 15) is 9.59 Å². The summed E-state index contributed by atoms with van der Waals surface area (Å²) in [5.41, 5.74) is 0.0237. The van der Waals surface area contributed by atoms with E-state index in [1.807, 2.05) is 13.8 Å². The standard InChI is InChI=1S/C14H16N4O4/c1-8(2)15-13(19)7-18-14(20)9-5-11-12(22-4-3-21-11)6-10(9)16-17-18/h5-6,8H,3-4,7H2,1-2H3,(H,15,19). The Morgan fingerprint density at radius 3 is 2.68 bits per heavy atom. The quantitative estimate of drug-likeness (QED) is 0.863. The number of benzene rings is 1. The highest BCUT2D eigenvalue weighted by Gasteiger charge is 2.17. The Hall–Kier alpha value is -2.64. The number of nitrogens with zero attached hydrogens (tertiary/aromatic N) is 3. The number of carbonyl (C=O) groups is 1. The van der Waals surface area contributed by atoms with Crippen LogP contribution in [0.1, 0.15) is 13.8 Å². The van der Waals surface area contributed by atoms with Gasteiger partial charge in [-0.2, -0.15) is 0 Å². The summed E-state index contributed by atoms with van der Waals surface area (Å²) in [6.45, 7) is 4.40. The minimum Gasteiger partial charge on any atom is -0.486 e. The van der Waals surface area contributed by atoms with Crippen LogP contribution in [-0.4, -0.2) is 40.2 Å². The third-order valence-electron chi connectivity index (χ3n) is 3.13. The van der Waals surface area contributed by atoms with Gasteiger partial charge >= 0.3 is 0 Å². The highest BCUT2D eigenvalue weighted by molar-refractivity contribution is 5.82. The van der Waals surface area contributed by atoms with Crippen molar-refractivity contribution < 1.29 is 14.3 Å². The molecule has 1 aliphatic rings. The van der Waals surface area contributed by atoms with Crippen LogP contribution in [-0.2, 0) is 11.3 Å². The summed E-state index contributed by atoms with van der Waals surface area (Å²) >= 11 is 0. The van der Waals surface area contributed by atoms with Gasteiger partial charge in [-0.05, 0) is 19.9 Å². The van der Waals surface area contributed by atoms with Gasteiger partial charge in [0.05, 0.1) is 5.39 Å². The molecule has 8 heteroatoms. The van der Waals surface area contributed by atoms with Gasteiger partial charge in [0.15, 0.2) is 11.5 Å². The largest absolute Gasteiger partial charge is 0.486 e. The number of hydrogen-bond acceptors (Lipinski definition) is 6. The van der Waals surface area contributed by atoms with Crippen molar-refractivity contribution in [3.05, 3.63) is 22.5 Å². The van der Waals surface area contributed by atoms with Crippen LogP contribution in [0, 0.1) is 0 Å². The molecule has 1 amide bonds. The first-order valence-electron chi connectivity index (χ1n) is 7.01. The van der Waals surface area contributed by atoms with Crippen molar-refractivity contribution in [1.29, 1.82) is 0 Å². The molecular weight excluding hydrogens is 288 g/mol. The molecule has 0 radical (unpaired) electrons. The molecule has 0 atom stereocenters. The van der Waals surface area contributed by atoms with Crippen molar-refractivity contribution in [2.45, 2.75) is 26.4 Å². The molecule has 2 aromatic rings. The molecule has 1 aliphatic heterocycles. The molecule has 116 valence electrons. The lowest BCUT2D eigenvalue weighted by Crippen LogP contribution is -2.37. The highest BCUT2D eigenvalue weighted by Crippen LogP contribution is 2.32. The molecule has 0 saturated carbocycles. The summed E-state index contributed by atoms with van der Waals surface area (Å²) in [5.74, 6) is 0.757. The van der Waals surface area contributed by atoms with Crippen LogP contribution in [0.25, 0.3) is 10.9 Å². The van der Waals surface area contributed by atoms with Gasteiger partial charge < -0.3 is 14.8 Å². The van der Waals surface area contributed by atoms with Crippen LogP contribution in [0.4, 0.5) is 0 Å². The van der Waals surface area contributed by atoms with Crippen molar-refractivity contribution >= 4 is 16.8 Å². The van der Waals surface area contributed by atoms with Crippen molar-refractivity contribution in [3.63, 3.8) is 0 Å². The second-order valence-electron chi connectivity index (χ2n) is 5.29. The molecule has 2 heterocycles. The van der Waals surface area contributed by atoms with Crippen LogP contribution in [0.3, 0.4) is 0 Å². The molecule has 1 N–H and O–H groups in total. The summed E-state index contributed by atoms with van der Waals surface area (Å²) in [6, 6.07) is 3.20. The van der Waals surface area contributed by atoms with E-state index in [4.69, 9.17) is 9.47 Å². The van der Waals surface area contributed by atoms with Gasteiger partial charge in [-0.15, -0.1) is 5.10 Å². The van der Waals surface area contributed by atoms with Crippen molar-refractivity contribution in [1.82, 2.24) is 20.3 Å². The normalized spacial score (nSPS) is 13.4. The minimum atomic E-state index is -0.388. The third-order valence-corrected chi connectivity index (χ3v) is 3.13. The fraction of sp³-hybridized carbons (Fsp3) is 0.429. The molecule has 0 fully saturated rings. The SMILES string of the molecule is CC(C)NC(=O)Cn1nnc2cc3c(cc2c1=O)OCCO3. The first-order valence-corrected chi connectivity index (χ1v) is 7.01. The van der Waals surface area contributed by atoms with E-state index in [2.05, 4.69) is 15.6 Å². The van der Waals surface area contributed by atoms with Crippen LogP contribution in [0.15, 0.2) is 16.9 Å². The van der Waals surface area contributed by atoms with Gasteiger partial charge in [0.2, 0.25) is 5.91 Å². The molecule has 8 nitrogen and oxygen atoms in total. The number of carbonyl (C=O) groups excluding carboxylic acids is 1. The molecule has 0 saturated heterocycles. The zero-order valence-electron chi connectivity index (χ0n) is 12.3. The Morgan fingerprint density at radius 2 is 2.00 bits per heavy atom. The predicted octanol–water partition coefficient (Wildman–Crippen LogP) is 0.0873. The molecule has 0 bridgehead atoms. The molecule has 1 aromatic carbocycles. The maximum Gasteiger partial charge on any atom is 0.278 e. The Labute approximate surface area is 126 Å². The Morgan fingerprint density at radius 1 is 1.32 bits per heavy atom. The zero-order valence-corrected chi connectivity index (χ0v) is 12.3. The summed E-state index contributed by atoms with van der Waals surface area (Å²) < 4.78 is 11.9. The second kappa shape index (κ2) is 5.63. The monoisotopic (exact) mass is 304 g/mol. The lowest BCUT2D eigenvalue weighted by atomic mass is 10.2. The van der Waals surface area contributed by atoms with E-state index in [-0.39, 0.29) is 24.1 Å². The van der Waals surface area contributed by atoms with E-state index < -0.39 is 0 Å². The Bertz CT molecular complexity index is 784. The number of hydrogen-bond donors (Lipinski definition) is 1. The minimum absolute atomic E-state index is 0.00538. The molecule has 3 rings (SSSR count). The second-order valence-corrected chi connectivity index (χ2v) is 5.29. The van der Waals surface area contributed by atoms with E-state index in [0.29, 0.717) is 35.6 Å². The molecule has 22 heavy (non-hydrogen) atoms. The Balaban J connectivity index is 1.98. The van der Waals surface area contributed by atoms with Crippen molar-refractivity contribution in [2.24, 2.45) is 0 Å². The van der Waals surface area contributed by atoms with Gasteiger partial charge in [-0.25, -0.2) is 4.68 Å². The van der Waals surface area contributed by atoms with Crippen LogP contribution in [0.5, 0.6) is 11.5 Å². The number of fused-ring (bicyclic) bond motifs is 2. The van der Waals surface area contributed by atoms with Crippen LogP contribution < -0.4 is 20.3 Å². The van der Waals surface area contributed by atoms with Crippen LogP contribution >= 0.6 is 0 Å². The summed E-state index contributed by atoms with van der Waals surface area (Å²) in [7, 11) is 0. The van der Waals surface area contributed by atoms with Gasteiger partial charge in [-0.3, -0.25) is 9.59 Å². The van der Waals surface area contributed by atoms with E-state index in [0.717, 1.165) is 4.68 Å². The first-order chi connectivity index (χ1) is 10.5. The predicted molar refractivity (Wildman–Crippen MR) is 78.1 cm³/mol. The third kappa shape index (κ3) is 2.72. The lowest BCUT2D eigenvalue weighted by Gasteiger charge is -2.18. The number of aromatic nitrogens is 3. The smallest absolute Gasteiger partial charge is 0.278 e. The zero-order chi connectivity index (χ0) is 15.7. The average Bonchev–Trinajstić information content (AvgIpc) is 2.48. The topological polar surface area (TPSA) is 95.3 Å².